The number of allylic oxidation sites excluding steroid dienone is 6. The molecule has 3 aliphatic carbocycles. The molecule has 45 heavy (non-hydrogen) atoms. The van der Waals surface area contributed by atoms with E-state index in [0.717, 1.165) is 11.1 Å². The van der Waals surface area contributed by atoms with Gasteiger partial charge in [-0.15, -0.1) is 0 Å². The zero-order valence-electron chi connectivity index (χ0n) is 23.4. The van der Waals surface area contributed by atoms with Crippen molar-refractivity contribution in [3.05, 3.63) is 110 Å². The Morgan fingerprint density at radius 3 is 2.47 bits per heavy atom. The van der Waals surface area contributed by atoms with Gasteiger partial charge in [0, 0.05) is 38.7 Å². The van der Waals surface area contributed by atoms with Gasteiger partial charge in [0.25, 0.3) is 0 Å². The maximum Gasteiger partial charge on any atom is 0.238 e. The van der Waals surface area contributed by atoms with Crippen molar-refractivity contribution in [2.24, 2.45) is 17.8 Å². The van der Waals surface area contributed by atoms with Crippen LogP contribution in [0.4, 0.5) is 5.69 Å². The van der Waals surface area contributed by atoms with Gasteiger partial charge in [0.2, 0.25) is 17.7 Å². The van der Waals surface area contributed by atoms with Crippen molar-refractivity contribution in [2.45, 2.75) is 18.8 Å². The lowest BCUT2D eigenvalue weighted by atomic mass is 9.59. The number of imide groups is 1. The highest BCUT2D eigenvalue weighted by molar-refractivity contribution is 9.12. The topological polar surface area (TPSA) is 118 Å². The van der Waals surface area contributed by atoms with E-state index in [0.29, 0.717) is 50.3 Å². The van der Waals surface area contributed by atoms with Crippen LogP contribution in [0.3, 0.4) is 0 Å². The van der Waals surface area contributed by atoms with Crippen LogP contribution in [0.5, 0.6) is 5.75 Å². The number of anilines is 1. The summed E-state index contributed by atoms with van der Waals surface area (Å²) in [7, 11) is 0. The summed E-state index contributed by atoms with van der Waals surface area (Å²) in [4.78, 5) is 60.7. The van der Waals surface area contributed by atoms with Crippen LogP contribution in [-0.2, 0) is 19.2 Å². The third kappa shape index (κ3) is 4.26. The van der Waals surface area contributed by atoms with Gasteiger partial charge in [-0.25, -0.2) is 4.98 Å². The smallest absolute Gasteiger partial charge is 0.238 e. The quantitative estimate of drug-likeness (QED) is 0.138. The van der Waals surface area contributed by atoms with E-state index in [9.17, 15) is 24.3 Å². The largest absolute Gasteiger partial charge is 0.508 e. The monoisotopic (exact) mass is 724 g/mol. The number of Topliss-reactive ketones (excluding diaryl/α,β-unsaturated/α-hetero) is 1. The normalized spacial score (nSPS) is 24.4. The molecule has 0 unspecified atom stereocenters. The van der Waals surface area contributed by atoms with Gasteiger partial charge in [-0.05, 0) is 89.3 Å². The molecular formula is C35H22Br2N2O6. The summed E-state index contributed by atoms with van der Waals surface area (Å²) in [5.74, 6) is -3.48. The van der Waals surface area contributed by atoms with Crippen LogP contribution in [0.2, 0.25) is 0 Å². The highest BCUT2D eigenvalue weighted by atomic mass is 79.9. The molecule has 4 atom stereocenters. The predicted molar refractivity (Wildman–Crippen MR) is 172 cm³/mol. The lowest BCUT2D eigenvalue weighted by Gasteiger charge is -2.42. The Labute approximate surface area is 273 Å². The van der Waals surface area contributed by atoms with Gasteiger partial charge in [-0.3, -0.25) is 24.1 Å². The van der Waals surface area contributed by atoms with E-state index < -0.39 is 23.7 Å². The summed E-state index contributed by atoms with van der Waals surface area (Å²) in [6, 6.07) is 19.4. The number of fused-ring (bicyclic) bond motifs is 4. The van der Waals surface area contributed by atoms with Crippen LogP contribution in [0, 0.1) is 17.8 Å². The second kappa shape index (κ2) is 10.3. The first-order chi connectivity index (χ1) is 21.7. The number of ketones is 2. The van der Waals surface area contributed by atoms with Crippen LogP contribution in [0.25, 0.3) is 22.6 Å². The SMILES string of the molecule is O=C1C=C(Br)C(=O)C2=C1[C@@H](c1cc(Br)ccc1O)C1=CC[C@@H]3C(=O)N(c4ccc(-c5nc6ccccc6o5)cc4)C(=O)[C@@H]3[C@@H]1C2. The molecule has 4 aliphatic rings. The van der Waals surface area contributed by atoms with Crippen LogP contribution in [0.1, 0.15) is 24.3 Å². The van der Waals surface area contributed by atoms with Gasteiger partial charge in [0.05, 0.1) is 22.0 Å². The fourth-order valence-electron chi connectivity index (χ4n) is 7.32. The zero-order valence-corrected chi connectivity index (χ0v) is 26.5. The molecule has 1 N–H and O–H groups in total. The number of aromatic nitrogens is 1. The predicted octanol–water partition coefficient (Wildman–Crippen LogP) is 6.93. The van der Waals surface area contributed by atoms with Crippen LogP contribution >= 0.6 is 31.9 Å². The number of phenolic OH excluding ortho intramolecular Hbond substituents is 1. The first-order valence-electron chi connectivity index (χ1n) is 14.4. The molecule has 1 saturated heterocycles. The van der Waals surface area contributed by atoms with Crippen molar-refractivity contribution in [3.8, 4) is 17.2 Å². The first kappa shape index (κ1) is 28.1. The minimum Gasteiger partial charge on any atom is -0.508 e. The maximum atomic E-state index is 14.2. The Hall–Kier alpha value is -4.41. The van der Waals surface area contributed by atoms with E-state index in [2.05, 4.69) is 36.8 Å². The Morgan fingerprint density at radius 2 is 1.69 bits per heavy atom. The van der Waals surface area contributed by atoms with E-state index in [1.54, 1.807) is 36.4 Å². The van der Waals surface area contributed by atoms with Crippen molar-refractivity contribution in [1.82, 2.24) is 4.98 Å². The minimum atomic E-state index is -0.738. The minimum absolute atomic E-state index is 0.0259. The molecule has 1 aromatic heterocycles. The number of para-hydroxylation sites is 2. The van der Waals surface area contributed by atoms with Crippen LogP contribution in [0.15, 0.2) is 109 Å². The number of benzene rings is 3. The molecule has 0 spiro atoms. The molecule has 1 fully saturated rings. The zero-order chi connectivity index (χ0) is 31.1. The van der Waals surface area contributed by atoms with E-state index >= 15 is 0 Å². The summed E-state index contributed by atoms with van der Waals surface area (Å²) in [5, 5.41) is 11.0. The maximum absolute atomic E-state index is 14.2. The molecule has 8 rings (SSSR count). The van der Waals surface area contributed by atoms with Crippen molar-refractivity contribution in [2.75, 3.05) is 4.90 Å². The first-order valence-corrected chi connectivity index (χ1v) is 16.0. The summed E-state index contributed by atoms with van der Waals surface area (Å²) >= 11 is 6.71. The van der Waals surface area contributed by atoms with Gasteiger partial charge in [0.1, 0.15) is 11.3 Å². The Bertz CT molecular complexity index is 2070. The van der Waals surface area contributed by atoms with Crippen molar-refractivity contribution >= 4 is 72.0 Å². The molecule has 4 aromatic rings. The molecule has 2 heterocycles. The second-order valence-corrected chi connectivity index (χ2v) is 13.4. The van der Waals surface area contributed by atoms with Crippen LogP contribution in [-0.4, -0.2) is 33.5 Å². The number of rotatable bonds is 3. The van der Waals surface area contributed by atoms with Gasteiger partial charge >= 0.3 is 0 Å². The summed E-state index contributed by atoms with van der Waals surface area (Å²) < 4.78 is 6.72. The molecule has 3 aromatic carbocycles. The molecule has 0 radical (unpaired) electrons. The van der Waals surface area contributed by atoms with E-state index in [1.807, 2.05) is 30.3 Å². The molecule has 0 bridgehead atoms. The average molecular weight is 726 g/mol. The standard InChI is InChI=1S/C35H22Br2N2O6/c36-17-7-12-26(40)22(13-17)29-19-10-11-20-30(21(19)14-23-31(29)27(41)15-24(37)32(23)42)35(44)39(34(20)43)18-8-5-16(6-9-18)33-38-25-3-1-2-4-28(25)45-33/h1-10,12-13,15,20-21,29-30,40H,11,14H2/t20-,21+,29+,30-/m0/s1. The van der Waals surface area contributed by atoms with Gasteiger partial charge < -0.3 is 9.52 Å². The number of nitrogens with zero attached hydrogens (tertiary/aromatic N) is 2. The summed E-state index contributed by atoms with van der Waals surface area (Å²) in [5.41, 5.74) is 4.38. The highest BCUT2D eigenvalue weighted by Crippen LogP contribution is 2.56. The molecule has 222 valence electrons. The molecular weight excluding hydrogens is 704 g/mol. The van der Waals surface area contributed by atoms with E-state index in [-0.39, 0.29) is 40.0 Å². The third-order valence-electron chi connectivity index (χ3n) is 9.30. The number of oxazole rings is 1. The third-order valence-corrected chi connectivity index (χ3v) is 10.4. The summed E-state index contributed by atoms with van der Waals surface area (Å²) in [6.07, 6.45) is 3.64. The van der Waals surface area contributed by atoms with E-state index in [4.69, 9.17) is 4.42 Å². The number of aromatic hydroxyl groups is 1. The summed E-state index contributed by atoms with van der Waals surface area (Å²) in [6.45, 7) is 0. The van der Waals surface area contributed by atoms with Crippen molar-refractivity contribution in [1.29, 1.82) is 0 Å². The number of phenols is 1. The van der Waals surface area contributed by atoms with Gasteiger partial charge in [-0.1, -0.05) is 39.7 Å². The fraction of sp³-hybridized carbons (Fsp3) is 0.171. The lowest BCUT2D eigenvalue weighted by Crippen LogP contribution is -2.39. The van der Waals surface area contributed by atoms with Crippen molar-refractivity contribution < 1.29 is 28.7 Å². The van der Waals surface area contributed by atoms with Gasteiger partial charge in [0.15, 0.2) is 17.1 Å². The van der Waals surface area contributed by atoms with Crippen molar-refractivity contribution in [3.63, 3.8) is 0 Å². The fourth-order valence-corrected chi connectivity index (χ4v) is 8.15. The van der Waals surface area contributed by atoms with E-state index in [1.165, 1.54) is 17.0 Å². The lowest BCUT2D eigenvalue weighted by molar-refractivity contribution is -0.123. The molecule has 10 heteroatoms. The number of hydrogen-bond donors (Lipinski definition) is 1. The number of carbonyl (C=O) groups excluding carboxylic acids is 4. The second-order valence-electron chi connectivity index (χ2n) is 11.6. The Morgan fingerprint density at radius 1 is 0.911 bits per heavy atom. The highest BCUT2D eigenvalue weighted by Gasteiger charge is 2.57. The Kier molecular flexibility index (Phi) is 6.44. The molecule has 2 amide bonds. The molecule has 8 nitrogen and oxygen atoms in total. The number of amides is 2. The number of halogens is 2. The molecule has 1 aliphatic heterocycles. The number of carbonyl (C=O) groups is 4. The van der Waals surface area contributed by atoms with Gasteiger partial charge in [-0.2, -0.15) is 0 Å². The average Bonchev–Trinajstić information content (AvgIpc) is 3.58. The molecule has 0 saturated carbocycles. The number of hydrogen-bond acceptors (Lipinski definition) is 7. The Balaban J connectivity index is 1.17. The van der Waals surface area contributed by atoms with Crippen LogP contribution < -0.4 is 4.90 Å².